The molecule has 1 atom stereocenters. The van der Waals surface area contributed by atoms with Crippen LogP contribution in [0.25, 0.3) is 0 Å². The highest BCUT2D eigenvalue weighted by molar-refractivity contribution is 14.0. The zero-order chi connectivity index (χ0) is 21.9. The van der Waals surface area contributed by atoms with E-state index in [9.17, 15) is 0 Å². The van der Waals surface area contributed by atoms with Gasteiger partial charge in [-0.1, -0.05) is 24.6 Å². The van der Waals surface area contributed by atoms with E-state index in [0.29, 0.717) is 13.2 Å². The van der Waals surface area contributed by atoms with Crippen LogP contribution in [0.4, 0.5) is 0 Å². The lowest BCUT2D eigenvalue weighted by atomic mass is 10.1. The predicted molar refractivity (Wildman–Crippen MR) is 141 cm³/mol. The summed E-state index contributed by atoms with van der Waals surface area (Å²) in [5, 5.41) is 6.92. The van der Waals surface area contributed by atoms with Gasteiger partial charge in [0, 0.05) is 32.2 Å². The fraction of sp³-hybridized carbons (Fsp3) is 0.542. The largest absolute Gasteiger partial charge is 0.492 e. The van der Waals surface area contributed by atoms with Gasteiger partial charge in [0.25, 0.3) is 0 Å². The highest BCUT2D eigenvalue weighted by atomic mass is 127. The molecule has 2 aromatic rings. The lowest BCUT2D eigenvalue weighted by molar-refractivity contribution is 0.146. The third-order valence-electron chi connectivity index (χ3n) is 5.60. The van der Waals surface area contributed by atoms with Crippen LogP contribution < -0.4 is 15.4 Å². The number of ether oxygens (including phenoxy) is 1. The molecule has 0 aliphatic carbocycles. The number of nitrogens with one attached hydrogen (secondary N) is 2. The molecule has 178 valence electrons. The van der Waals surface area contributed by atoms with E-state index in [1.807, 2.05) is 38.4 Å². The van der Waals surface area contributed by atoms with E-state index >= 15 is 0 Å². The maximum absolute atomic E-state index is 5.98. The lowest BCUT2D eigenvalue weighted by Gasteiger charge is -2.33. The molecule has 1 fully saturated rings. The number of para-hydroxylation sites is 1. The average molecular weight is 556 g/mol. The number of furan rings is 1. The second kappa shape index (κ2) is 14.4. The third kappa shape index (κ3) is 8.29. The standard InChI is InChI=1S/C24H37N5O2.HI/c1-25-24(26-18-20-10-5-6-11-22(20)31-17-15-28(2)3)27-19-21(23-12-9-16-30-23)29-13-7-4-8-14-29;/h5-6,9-12,16,21H,4,7-8,13-15,17-19H2,1-3H3,(H2,25,26,27);1H. The second-order valence-electron chi connectivity index (χ2n) is 8.19. The minimum atomic E-state index is 0. The third-order valence-corrected chi connectivity index (χ3v) is 5.60. The van der Waals surface area contributed by atoms with Crippen molar-refractivity contribution < 1.29 is 9.15 Å². The van der Waals surface area contributed by atoms with Crippen LogP contribution in [0, 0.1) is 0 Å². The van der Waals surface area contributed by atoms with Gasteiger partial charge in [0.1, 0.15) is 18.1 Å². The summed E-state index contributed by atoms with van der Waals surface area (Å²) >= 11 is 0. The summed E-state index contributed by atoms with van der Waals surface area (Å²) in [5.74, 6) is 2.69. The molecule has 1 aliphatic rings. The number of halogens is 1. The van der Waals surface area contributed by atoms with Gasteiger partial charge in [-0.05, 0) is 58.2 Å². The molecule has 0 saturated carbocycles. The number of guanidine groups is 1. The number of benzene rings is 1. The summed E-state index contributed by atoms with van der Waals surface area (Å²) in [7, 11) is 5.90. The van der Waals surface area contributed by atoms with E-state index < -0.39 is 0 Å². The van der Waals surface area contributed by atoms with Crippen molar-refractivity contribution in [3.63, 3.8) is 0 Å². The van der Waals surface area contributed by atoms with Crippen LogP contribution in [0.1, 0.15) is 36.6 Å². The van der Waals surface area contributed by atoms with Crippen molar-refractivity contribution in [1.29, 1.82) is 0 Å². The minimum absolute atomic E-state index is 0. The molecule has 2 N–H and O–H groups in total. The van der Waals surface area contributed by atoms with Crippen LogP contribution in [-0.4, -0.2) is 69.7 Å². The van der Waals surface area contributed by atoms with Crippen molar-refractivity contribution in [3.8, 4) is 5.75 Å². The Morgan fingerprint density at radius 2 is 1.91 bits per heavy atom. The summed E-state index contributed by atoms with van der Waals surface area (Å²) in [5.41, 5.74) is 1.11. The van der Waals surface area contributed by atoms with Crippen LogP contribution in [0.3, 0.4) is 0 Å². The Balaban J connectivity index is 0.00000363. The fourth-order valence-corrected chi connectivity index (χ4v) is 3.84. The van der Waals surface area contributed by atoms with Gasteiger partial charge in [-0.2, -0.15) is 0 Å². The van der Waals surface area contributed by atoms with Gasteiger partial charge in [0.2, 0.25) is 0 Å². The first-order valence-electron chi connectivity index (χ1n) is 11.2. The van der Waals surface area contributed by atoms with Crippen LogP contribution in [-0.2, 0) is 6.54 Å². The molecule has 1 aliphatic heterocycles. The Morgan fingerprint density at radius 1 is 1.12 bits per heavy atom. The Morgan fingerprint density at radius 3 is 2.59 bits per heavy atom. The summed E-state index contributed by atoms with van der Waals surface area (Å²) in [6, 6.07) is 12.4. The molecule has 1 aromatic carbocycles. The normalized spacial score (nSPS) is 15.8. The summed E-state index contributed by atoms with van der Waals surface area (Å²) in [4.78, 5) is 9.04. The van der Waals surface area contributed by atoms with Crippen LogP contribution in [0.2, 0.25) is 0 Å². The fourth-order valence-electron chi connectivity index (χ4n) is 3.84. The first-order chi connectivity index (χ1) is 15.2. The highest BCUT2D eigenvalue weighted by Crippen LogP contribution is 2.24. The molecule has 8 heteroatoms. The van der Waals surface area contributed by atoms with Crippen molar-refractivity contribution >= 4 is 29.9 Å². The average Bonchev–Trinajstić information content (AvgIpc) is 3.32. The number of likely N-dealkylation sites (tertiary alicyclic amines) is 1. The van der Waals surface area contributed by atoms with Gasteiger partial charge in [0.15, 0.2) is 5.96 Å². The maximum atomic E-state index is 5.98. The molecule has 0 radical (unpaired) electrons. The van der Waals surface area contributed by atoms with Gasteiger partial charge in [-0.3, -0.25) is 9.89 Å². The molecule has 3 rings (SSSR count). The first kappa shape index (κ1) is 26.5. The Hall–Kier alpha value is -1.78. The summed E-state index contributed by atoms with van der Waals surface area (Å²) in [6.45, 7) is 5.15. The first-order valence-corrected chi connectivity index (χ1v) is 11.2. The Bertz CT molecular complexity index is 791. The molecule has 0 spiro atoms. The molecule has 1 saturated heterocycles. The van der Waals surface area contributed by atoms with Crippen LogP contribution in [0.15, 0.2) is 52.1 Å². The second-order valence-corrected chi connectivity index (χ2v) is 8.19. The maximum Gasteiger partial charge on any atom is 0.191 e. The smallest absolute Gasteiger partial charge is 0.191 e. The van der Waals surface area contributed by atoms with Gasteiger partial charge in [0.05, 0.1) is 12.3 Å². The van der Waals surface area contributed by atoms with Gasteiger partial charge >= 0.3 is 0 Å². The lowest BCUT2D eigenvalue weighted by Crippen LogP contribution is -2.44. The number of likely N-dealkylation sites (N-methyl/N-ethyl adjacent to an activating group) is 1. The van der Waals surface area contributed by atoms with Crippen molar-refractivity contribution in [2.45, 2.75) is 31.8 Å². The van der Waals surface area contributed by atoms with E-state index in [1.54, 1.807) is 13.3 Å². The Kier molecular flexibility index (Phi) is 11.9. The van der Waals surface area contributed by atoms with Crippen LogP contribution in [0.5, 0.6) is 5.75 Å². The number of hydrogen-bond acceptors (Lipinski definition) is 5. The summed E-state index contributed by atoms with van der Waals surface area (Å²) in [6.07, 6.45) is 5.56. The van der Waals surface area contributed by atoms with Gasteiger partial charge in [-0.25, -0.2) is 0 Å². The van der Waals surface area contributed by atoms with Crippen LogP contribution >= 0.6 is 24.0 Å². The molecule has 1 unspecified atom stereocenters. The van der Waals surface area contributed by atoms with E-state index in [4.69, 9.17) is 9.15 Å². The molecular formula is C24H38IN5O2. The number of piperidine rings is 1. The van der Waals surface area contributed by atoms with Gasteiger partial charge in [-0.15, -0.1) is 24.0 Å². The number of rotatable bonds is 10. The molecule has 7 nitrogen and oxygen atoms in total. The zero-order valence-corrected chi connectivity index (χ0v) is 21.9. The monoisotopic (exact) mass is 555 g/mol. The van der Waals surface area contributed by atoms with Crippen molar-refractivity contribution in [2.24, 2.45) is 4.99 Å². The number of nitrogens with zero attached hydrogens (tertiary/aromatic N) is 3. The van der Waals surface area contributed by atoms with Crippen molar-refractivity contribution in [1.82, 2.24) is 20.4 Å². The quantitative estimate of drug-likeness (QED) is 0.265. The molecular weight excluding hydrogens is 517 g/mol. The van der Waals surface area contributed by atoms with E-state index in [-0.39, 0.29) is 30.0 Å². The van der Waals surface area contributed by atoms with E-state index in [0.717, 1.165) is 49.2 Å². The minimum Gasteiger partial charge on any atom is -0.492 e. The van der Waals surface area contributed by atoms with Gasteiger partial charge < -0.3 is 24.7 Å². The SMILES string of the molecule is CN=C(NCc1ccccc1OCCN(C)C)NCC(c1ccco1)N1CCCCC1.I. The molecule has 0 bridgehead atoms. The molecule has 32 heavy (non-hydrogen) atoms. The van der Waals surface area contributed by atoms with Crippen molar-refractivity contribution in [3.05, 3.63) is 54.0 Å². The van der Waals surface area contributed by atoms with Crippen molar-refractivity contribution in [2.75, 3.05) is 53.9 Å². The number of aliphatic imine (C=N–C) groups is 1. The number of hydrogen-bond donors (Lipinski definition) is 2. The zero-order valence-electron chi connectivity index (χ0n) is 19.5. The Labute approximate surface area is 209 Å². The van der Waals surface area contributed by atoms with E-state index in [1.165, 1.54) is 19.3 Å². The highest BCUT2D eigenvalue weighted by Gasteiger charge is 2.24. The molecule has 2 heterocycles. The molecule has 1 aromatic heterocycles. The molecule has 0 amide bonds. The van der Waals surface area contributed by atoms with E-state index in [2.05, 4.69) is 37.6 Å². The predicted octanol–water partition coefficient (Wildman–Crippen LogP) is 3.73. The topological polar surface area (TPSA) is 65.3 Å². The summed E-state index contributed by atoms with van der Waals surface area (Å²) < 4.78 is 11.7.